The molecule has 0 spiro atoms. The Kier molecular flexibility index (Phi) is 3.88. The molecule has 1 unspecified atom stereocenters. The number of hydrogen-bond acceptors (Lipinski definition) is 3. The summed E-state index contributed by atoms with van der Waals surface area (Å²) in [5.41, 5.74) is 0. The third kappa shape index (κ3) is 2.68. The van der Waals surface area contributed by atoms with E-state index < -0.39 is 4.92 Å². The van der Waals surface area contributed by atoms with E-state index in [1.807, 2.05) is 6.92 Å². The summed E-state index contributed by atoms with van der Waals surface area (Å²) in [5.74, 6) is 0.584. The molecule has 0 saturated heterocycles. The molecule has 1 atom stereocenters. The van der Waals surface area contributed by atoms with Gasteiger partial charge in [0.2, 0.25) is 0 Å². The van der Waals surface area contributed by atoms with E-state index in [1.165, 1.54) is 4.68 Å². The Morgan fingerprint density at radius 3 is 2.93 bits per heavy atom. The van der Waals surface area contributed by atoms with Crippen molar-refractivity contribution in [3.63, 3.8) is 0 Å². The van der Waals surface area contributed by atoms with Gasteiger partial charge in [0.15, 0.2) is 0 Å². The number of halogens is 2. The molecule has 0 amide bonds. The summed E-state index contributed by atoms with van der Waals surface area (Å²) in [7, 11) is 0. The van der Waals surface area contributed by atoms with Crippen LogP contribution >= 0.6 is 27.5 Å². The molecule has 0 aliphatic heterocycles. The fourth-order valence-corrected chi connectivity index (χ4v) is 1.53. The Bertz CT molecular complexity index is 342. The molecule has 0 radical (unpaired) electrons. The summed E-state index contributed by atoms with van der Waals surface area (Å²) in [6.45, 7) is 2.53. The number of alkyl halides is 1. The summed E-state index contributed by atoms with van der Waals surface area (Å²) in [4.78, 5) is 9.94. The van der Waals surface area contributed by atoms with Crippen LogP contribution in [0.5, 0.6) is 0 Å². The van der Waals surface area contributed by atoms with Crippen LogP contribution in [0.1, 0.15) is 6.92 Å². The predicted molar refractivity (Wildman–Crippen MR) is 56.5 cm³/mol. The van der Waals surface area contributed by atoms with E-state index >= 15 is 0 Å². The van der Waals surface area contributed by atoms with Gasteiger partial charge >= 0.3 is 5.82 Å². The van der Waals surface area contributed by atoms with E-state index in [0.29, 0.717) is 16.9 Å². The fraction of sp³-hybridized carbons (Fsp3) is 0.571. The van der Waals surface area contributed by atoms with Crippen LogP contribution in [0.25, 0.3) is 0 Å². The van der Waals surface area contributed by atoms with Gasteiger partial charge in [0, 0.05) is 5.88 Å². The zero-order valence-corrected chi connectivity index (χ0v) is 9.82. The molecule has 5 nitrogen and oxygen atoms in total. The minimum atomic E-state index is -0.522. The molecule has 0 bridgehead atoms. The smallest absolute Gasteiger partial charge is 0.358 e. The lowest BCUT2D eigenvalue weighted by Crippen LogP contribution is -2.09. The second kappa shape index (κ2) is 4.75. The van der Waals surface area contributed by atoms with Crippen molar-refractivity contribution < 1.29 is 4.92 Å². The molecular formula is C7H9BrClN3O2. The maximum absolute atomic E-state index is 10.5. The monoisotopic (exact) mass is 281 g/mol. The van der Waals surface area contributed by atoms with E-state index in [1.54, 1.807) is 6.20 Å². The zero-order valence-electron chi connectivity index (χ0n) is 7.48. The lowest BCUT2D eigenvalue weighted by atomic mass is 10.2. The number of nitro groups is 1. The summed E-state index contributed by atoms with van der Waals surface area (Å²) >= 11 is 8.70. The first-order valence-corrected chi connectivity index (χ1v) is 5.30. The Morgan fingerprint density at radius 2 is 2.50 bits per heavy atom. The van der Waals surface area contributed by atoms with E-state index in [2.05, 4.69) is 21.0 Å². The number of nitrogens with zero attached hydrogens (tertiary/aromatic N) is 3. The largest absolute Gasteiger partial charge is 0.404 e. The van der Waals surface area contributed by atoms with Crippen LogP contribution in [0.2, 0.25) is 0 Å². The lowest BCUT2D eigenvalue weighted by molar-refractivity contribution is -0.390. The highest BCUT2D eigenvalue weighted by atomic mass is 79.9. The number of hydrogen-bond donors (Lipinski definition) is 0. The molecule has 0 saturated carbocycles. The molecule has 1 aromatic rings. The van der Waals surface area contributed by atoms with E-state index in [0.717, 1.165) is 0 Å². The normalized spacial score (nSPS) is 12.8. The van der Waals surface area contributed by atoms with E-state index in [4.69, 9.17) is 11.6 Å². The highest BCUT2D eigenvalue weighted by Gasteiger charge is 2.19. The number of aromatic nitrogens is 2. The minimum Gasteiger partial charge on any atom is -0.358 e. The molecular weight excluding hydrogens is 273 g/mol. The van der Waals surface area contributed by atoms with Gasteiger partial charge in [-0.3, -0.25) is 0 Å². The van der Waals surface area contributed by atoms with Gasteiger partial charge in [0.05, 0.1) is 17.8 Å². The van der Waals surface area contributed by atoms with Gasteiger partial charge in [-0.2, -0.15) is 4.68 Å². The Balaban J connectivity index is 2.81. The molecule has 78 valence electrons. The first-order chi connectivity index (χ1) is 6.54. The standard InChI is InChI=1S/C7H9BrClN3O2/c1-5(2-9)3-11-4-6(8)7(10-11)12(13)14/h4-5H,2-3H2,1H3. The molecule has 1 rings (SSSR count). The molecule has 0 aliphatic carbocycles. The van der Waals surface area contributed by atoms with Crippen LogP contribution in [0.4, 0.5) is 5.82 Å². The second-order valence-electron chi connectivity index (χ2n) is 3.04. The van der Waals surface area contributed by atoms with Crippen LogP contribution in [0.15, 0.2) is 10.7 Å². The van der Waals surface area contributed by atoms with Crippen LogP contribution in [-0.2, 0) is 6.54 Å². The van der Waals surface area contributed by atoms with Crippen LogP contribution in [-0.4, -0.2) is 20.6 Å². The van der Waals surface area contributed by atoms with Crippen molar-refractivity contribution in [3.05, 3.63) is 20.8 Å². The third-order valence-corrected chi connectivity index (χ3v) is 2.72. The molecule has 7 heteroatoms. The summed E-state index contributed by atoms with van der Waals surface area (Å²) in [6.07, 6.45) is 1.58. The van der Waals surface area contributed by atoms with Gasteiger partial charge in [-0.25, -0.2) is 0 Å². The van der Waals surface area contributed by atoms with Crippen LogP contribution in [0, 0.1) is 16.0 Å². The van der Waals surface area contributed by atoms with E-state index in [-0.39, 0.29) is 11.7 Å². The van der Waals surface area contributed by atoms with Crippen molar-refractivity contribution in [2.45, 2.75) is 13.5 Å². The molecule has 0 fully saturated rings. The van der Waals surface area contributed by atoms with Gasteiger partial charge in [0.1, 0.15) is 4.47 Å². The maximum Gasteiger partial charge on any atom is 0.404 e. The zero-order chi connectivity index (χ0) is 10.7. The number of rotatable bonds is 4. The summed E-state index contributed by atoms with van der Waals surface area (Å²) in [6, 6.07) is 0. The maximum atomic E-state index is 10.5. The average molecular weight is 283 g/mol. The fourth-order valence-electron chi connectivity index (χ4n) is 0.972. The lowest BCUT2D eigenvalue weighted by Gasteiger charge is -2.02. The average Bonchev–Trinajstić information content (AvgIpc) is 2.46. The summed E-state index contributed by atoms with van der Waals surface area (Å²) < 4.78 is 1.92. The van der Waals surface area contributed by atoms with E-state index in [9.17, 15) is 10.1 Å². The highest BCUT2D eigenvalue weighted by Crippen LogP contribution is 2.22. The quantitative estimate of drug-likeness (QED) is 0.484. The van der Waals surface area contributed by atoms with Gasteiger partial charge in [-0.05, 0) is 26.8 Å². The Morgan fingerprint density at radius 1 is 1.86 bits per heavy atom. The van der Waals surface area contributed by atoms with Gasteiger partial charge in [-0.1, -0.05) is 6.92 Å². The van der Waals surface area contributed by atoms with Crippen molar-refractivity contribution in [1.82, 2.24) is 9.78 Å². The SMILES string of the molecule is CC(CCl)Cn1cc(Br)c([N+](=O)[O-])n1. The third-order valence-electron chi connectivity index (χ3n) is 1.63. The van der Waals surface area contributed by atoms with Crippen molar-refractivity contribution in [2.75, 3.05) is 5.88 Å². The van der Waals surface area contributed by atoms with Crippen molar-refractivity contribution in [3.8, 4) is 0 Å². The van der Waals surface area contributed by atoms with Crippen molar-refractivity contribution >= 4 is 33.3 Å². The van der Waals surface area contributed by atoms with Crippen LogP contribution in [0.3, 0.4) is 0 Å². The van der Waals surface area contributed by atoms with Gasteiger partial charge in [0.25, 0.3) is 0 Å². The van der Waals surface area contributed by atoms with Gasteiger partial charge < -0.3 is 10.1 Å². The Labute approximate surface area is 94.3 Å². The summed E-state index contributed by atoms with van der Waals surface area (Å²) in [5, 5.41) is 14.3. The second-order valence-corrected chi connectivity index (χ2v) is 4.20. The van der Waals surface area contributed by atoms with Crippen LogP contribution < -0.4 is 0 Å². The van der Waals surface area contributed by atoms with Crippen molar-refractivity contribution in [1.29, 1.82) is 0 Å². The molecule has 0 aliphatic rings. The first-order valence-electron chi connectivity index (χ1n) is 3.98. The molecule has 1 aromatic heterocycles. The minimum absolute atomic E-state index is 0.160. The molecule has 1 heterocycles. The molecule has 0 aromatic carbocycles. The first kappa shape index (κ1) is 11.5. The highest BCUT2D eigenvalue weighted by molar-refractivity contribution is 9.10. The topological polar surface area (TPSA) is 61.0 Å². The Hall–Kier alpha value is -0.620. The van der Waals surface area contributed by atoms with Gasteiger partial charge in [-0.15, -0.1) is 11.6 Å². The molecule has 0 N–H and O–H groups in total. The van der Waals surface area contributed by atoms with Crippen molar-refractivity contribution in [2.24, 2.45) is 5.92 Å². The molecule has 14 heavy (non-hydrogen) atoms. The predicted octanol–water partition coefficient (Wildman–Crippen LogP) is 2.43.